The second kappa shape index (κ2) is 7.10. The molecule has 1 aromatic heterocycles. The Bertz CT molecular complexity index is 761. The molecule has 1 N–H and O–H groups in total. The fourth-order valence-electron chi connectivity index (χ4n) is 1.73. The molecular weight excluding hydrogens is 318 g/mol. The Morgan fingerprint density at radius 3 is 2.52 bits per heavy atom. The van der Waals surface area contributed by atoms with Gasteiger partial charge in [-0.25, -0.2) is 8.42 Å². The summed E-state index contributed by atoms with van der Waals surface area (Å²) in [4.78, 5) is 15.6. The summed E-state index contributed by atoms with van der Waals surface area (Å²) in [5.41, 5.74) is 1.10. The van der Waals surface area contributed by atoms with Gasteiger partial charge in [0.15, 0.2) is 6.61 Å². The number of anilines is 2. The van der Waals surface area contributed by atoms with Crippen LogP contribution in [0.2, 0.25) is 0 Å². The van der Waals surface area contributed by atoms with Crippen LogP contribution in [0.25, 0.3) is 0 Å². The molecule has 2 aromatic rings. The first-order chi connectivity index (χ1) is 10.9. The monoisotopic (exact) mass is 335 g/mol. The smallest absolute Gasteiger partial charge is 0.262 e. The number of carbonyl (C=O) groups is 1. The minimum atomic E-state index is -3.31. The number of benzene rings is 1. The van der Waals surface area contributed by atoms with Gasteiger partial charge in [0.25, 0.3) is 5.91 Å². The highest BCUT2D eigenvalue weighted by atomic mass is 32.2. The SMILES string of the molecule is CN(c1ccc(OCC(=O)Nc2cccnc2)cc1)S(C)(=O)=O. The number of amides is 1. The molecule has 8 heteroatoms. The van der Waals surface area contributed by atoms with E-state index in [-0.39, 0.29) is 12.5 Å². The predicted octanol–water partition coefficient (Wildman–Crippen LogP) is 1.49. The summed E-state index contributed by atoms with van der Waals surface area (Å²) in [6.45, 7) is -0.157. The molecule has 0 fully saturated rings. The molecule has 0 radical (unpaired) electrons. The van der Waals surface area contributed by atoms with Crippen LogP contribution < -0.4 is 14.4 Å². The Morgan fingerprint density at radius 1 is 1.26 bits per heavy atom. The molecule has 2 rings (SSSR count). The summed E-state index contributed by atoms with van der Waals surface area (Å²) in [5.74, 6) is 0.160. The van der Waals surface area contributed by atoms with Gasteiger partial charge in [0.1, 0.15) is 5.75 Å². The third-order valence-corrected chi connectivity index (χ3v) is 4.22. The average Bonchev–Trinajstić information content (AvgIpc) is 2.53. The van der Waals surface area contributed by atoms with Crippen LogP contribution in [0.1, 0.15) is 0 Å². The van der Waals surface area contributed by atoms with Crippen molar-refractivity contribution >= 4 is 27.3 Å². The maximum Gasteiger partial charge on any atom is 0.262 e. The molecule has 1 amide bonds. The Morgan fingerprint density at radius 2 is 1.96 bits per heavy atom. The molecule has 0 aliphatic heterocycles. The molecule has 0 spiro atoms. The number of carbonyl (C=O) groups excluding carboxylic acids is 1. The minimum absolute atomic E-state index is 0.157. The molecule has 122 valence electrons. The van der Waals surface area contributed by atoms with Crippen molar-refractivity contribution in [2.75, 3.05) is 29.5 Å². The van der Waals surface area contributed by atoms with Crippen LogP contribution in [-0.4, -0.2) is 39.2 Å². The maximum atomic E-state index is 11.7. The summed E-state index contributed by atoms with van der Waals surface area (Å²) in [6.07, 6.45) is 4.27. The summed E-state index contributed by atoms with van der Waals surface area (Å²) in [6, 6.07) is 9.86. The van der Waals surface area contributed by atoms with Crippen molar-refractivity contribution in [3.63, 3.8) is 0 Å². The van der Waals surface area contributed by atoms with Gasteiger partial charge in [0, 0.05) is 13.2 Å². The van der Waals surface area contributed by atoms with Crippen molar-refractivity contribution in [2.24, 2.45) is 0 Å². The third kappa shape index (κ3) is 4.96. The molecule has 1 heterocycles. The van der Waals surface area contributed by atoms with Gasteiger partial charge in [0.2, 0.25) is 10.0 Å². The van der Waals surface area contributed by atoms with E-state index in [1.165, 1.54) is 13.2 Å². The number of nitrogens with one attached hydrogen (secondary N) is 1. The van der Waals surface area contributed by atoms with Crippen LogP contribution >= 0.6 is 0 Å². The van der Waals surface area contributed by atoms with Gasteiger partial charge in [0.05, 0.1) is 23.8 Å². The second-order valence-corrected chi connectivity index (χ2v) is 6.82. The standard InChI is InChI=1S/C15H17N3O4S/c1-18(23(2,20)21)13-5-7-14(8-6-13)22-11-15(19)17-12-4-3-9-16-10-12/h3-10H,11H2,1-2H3,(H,17,19). The van der Waals surface area contributed by atoms with E-state index < -0.39 is 10.0 Å². The number of nitrogens with zero attached hydrogens (tertiary/aromatic N) is 2. The number of sulfonamides is 1. The molecule has 0 saturated carbocycles. The van der Waals surface area contributed by atoms with Gasteiger partial charge in [-0.05, 0) is 36.4 Å². The predicted molar refractivity (Wildman–Crippen MR) is 88.1 cm³/mol. The lowest BCUT2D eigenvalue weighted by Gasteiger charge is -2.16. The highest BCUT2D eigenvalue weighted by Crippen LogP contribution is 2.20. The van der Waals surface area contributed by atoms with Gasteiger partial charge in [-0.15, -0.1) is 0 Å². The molecule has 0 aliphatic carbocycles. The third-order valence-electron chi connectivity index (χ3n) is 3.01. The molecule has 7 nitrogen and oxygen atoms in total. The number of aromatic nitrogens is 1. The molecule has 0 aliphatic rings. The highest BCUT2D eigenvalue weighted by Gasteiger charge is 2.11. The molecular formula is C15H17N3O4S. The second-order valence-electron chi connectivity index (χ2n) is 4.80. The lowest BCUT2D eigenvalue weighted by atomic mass is 10.3. The zero-order chi connectivity index (χ0) is 16.9. The van der Waals surface area contributed by atoms with E-state index in [2.05, 4.69) is 10.3 Å². The van der Waals surface area contributed by atoms with E-state index in [1.54, 1.807) is 42.6 Å². The highest BCUT2D eigenvalue weighted by molar-refractivity contribution is 7.92. The summed E-state index contributed by atoms with van der Waals surface area (Å²) in [7, 11) is -1.84. The van der Waals surface area contributed by atoms with Crippen LogP contribution in [0.4, 0.5) is 11.4 Å². The number of rotatable bonds is 6. The lowest BCUT2D eigenvalue weighted by molar-refractivity contribution is -0.118. The van der Waals surface area contributed by atoms with Crippen molar-refractivity contribution in [2.45, 2.75) is 0 Å². The number of hydrogen-bond donors (Lipinski definition) is 1. The van der Waals surface area contributed by atoms with E-state index >= 15 is 0 Å². The van der Waals surface area contributed by atoms with E-state index in [1.807, 2.05) is 0 Å². The first-order valence-electron chi connectivity index (χ1n) is 6.73. The first kappa shape index (κ1) is 16.8. The fourth-order valence-corrected chi connectivity index (χ4v) is 2.23. The van der Waals surface area contributed by atoms with Gasteiger partial charge in [-0.1, -0.05) is 0 Å². The maximum absolute atomic E-state index is 11.7. The van der Waals surface area contributed by atoms with Crippen LogP contribution in [0.15, 0.2) is 48.8 Å². The van der Waals surface area contributed by atoms with Gasteiger partial charge < -0.3 is 10.1 Å². The molecule has 0 saturated heterocycles. The van der Waals surface area contributed by atoms with E-state index in [0.717, 1.165) is 10.6 Å². The number of hydrogen-bond acceptors (Lipinski definition) is 5. The minimum Gasteiger partial charge on any atom is -0.484 e. The molecule has 0 unspecified atom stereocenters. The quantitative estimate of drug-likeness (QED) is 0.864. The Labute approximate surface area is 135 Å². The fraction of sp³-hybridized carbons (Fsp3) is 0.200. The summed E-state index contributed by atoms with van der Waals surface area (Å²) >= 11 is 0. The molecule has 1 aromatic carbocycles. The van der Waals surface area contributed by atoms with Crippen LogP contribution in [0, 0.1) is 0 Å². The zero-order valence-electron chi connectivity index (χ0n) is 12.8. The Balaban J connectivity index is 1.90. The topological polar surface area (TPSA) is 88.6 Å². The molecule has 0 bridgehead atoms. The van der Waals surface area contributed by atoms with Crippen molar-refractivity contribution in [3.8, 4) is 5.75 Å². The van der Waals surface area contributed by atoms with Crippen molar-refractivity contribution < 1.29 is 17.9 Å². The number of ether oxygens (including phenoxy) is 1. The van der Waals surface area contributed by atoms with Gasteiger partial charge in [-0.2, -0.15) is 0 Å². The largest absolute Gasteiger partial charge is 0.484 e. The normalized spacial score (nSPS) is 10.9. The van der Waals surface area contributed by atoms with Crippen LogP contribution in [0.5, 0.6) is 5.75 Å². The van der Waals surface area contributed by atoms with E-state index in [9.17, 15) is 13.2 Å². The summed E-state index contributed by atoms with van der Waals surface area (Å²) in [5, 5.41) is 2.65. The van der Waals surface area contributed by atoms with Crippen LogP contribution in [-0.2, 0) is 14.8 Å². The Kier molecular flexibility index (Phi) is 5.17. The first-order valence-corrected chi connectivity index (χ1v) is 8.58. The summed E-state index contributed by atoms with van der Waals surface area (Å²) < 4.78 is 29.4. The van der Waals surface area contributed by atoms with Crippen molar-refractivity contribution in [3.05, 3.63) is 48.8 Å². The Hall–Kier alpha value is -2.61. The van der Waals surface area contributed by atoms with Crippen molar-refractivity contribution in [1.29, 1.82) is 0 Å². The van der Waals surface area contributed by atoms with Crippen molar-refractivity contribution in [1.82, 2.24) is 4.98 Å². The van der Waals surface area contributed by atoms with E-state index in [4.69, 9.17) is 4.74 Å². The zero-order valence-corrected chi connectivity index (χ0v) is 13.6. The average molecular weight is 335 g/mol. The molecule has 23 heavy (non-hydrogen) atoms. The van der Waals surface area contributed by atoms with Gasteiger partial charge >= 0.3 is 0 Å². The lowest BCUT2D eigenvalue weighted by Crippen LogP contribution is -2.24. The molecule has 0 atom stereocenters. The van der Waals surface area contributed by atoms with Gasteiger partial charge in [-0.3, -0.25) is 14.1 Å². The van der Waals surface area contributed by atoms with Crippen LogP contribution in [0.3, 0.4) is 0 Å². The van der Waals surface area contributed by atoms with E-state index in [0.29, 0.717) is 17.1 Å². The number of pyridine rings is 1.